The van der Waals surface area contributed by atoms with Crippen molar-refractivity contribution in [3.05, 3.63) is 66.4 Å². The van der Waals surface area contributed by atoms with E-state index >= 15 is 0 Å². The molecule has 1 aromatic heterocycles. The van der Waals surface area contributed by atoms with Crippen molar-refractivity contribution in [3.8, 4) is 23.6 Å². The first kappa shape index (κ1) is 15.2. The Bertz CT molecular complexity index is 1120. The second-order valence-electron chi connectivity index (χ2n) is 5.98. The van der Waals surface area contributed by atoms with E-state index in [0.29, 0.717) is 6.54 Å². The number of hydrogen-bond acceptors (Lipinski definition) is 3. The Morgan fingerprint density at radius 2 is 1.76 bits per heavy atom. The molecule has 1 N–H and O–H groups in total. The van der Waals surface area contributed by atoms with Crippen LogP contribution in [0.15, 0.2) is 60.7 Å². The number of hydrogen-bond donors (Lipinski definition) is 1. The summed E-state index contributed by atoms with van der Waals surface area (Å²) in [6, 6.07) is 20.7. The number of terminal acetylenes is 1. The highest BCUT2D eigenvalue weighted by molar-refractivity contribution is 5.88. The van der Waals surface area contributed by atoms with Gasteiger partial charge < -0.3 is 5.32 Å². The lowest BCUT2D eigenvalue weighted by atomic mass is 10.0. The van der Waals surface area contributed by atoms with E-state index < -0.39 is 0 Å². The molecule has 0 aliphatic carbocycles. The first-order valence-corrected chi connectivity index (χ1v) is 8.19. The van der Waals surface area contributed by atoms with Gasteiger partial charge in [-0.25, -0.2) is 9.97 Å². The topological polar surface area (TPSA) is 37.8 Å². The summed E-state index contributed by atoms with van der Waals surface area (Å²) < 4.78 is 0. The lowest BCUT2D eigenvalue weighted by Crippen LogP contribution is -1.99. The summed E-state index contributed by atoms with van der Waals surface area (Å²) in [6.45, 7) is 2.49. The van der Waals surface area contributed by atoms with E-state index in [-0.39, 0.29) is 0 Å². The molecule has 4 rings (SSSR count). The quantitative estimate of drug-likeness (QED) is 0.550. The SMILES string of the molecule is C#CCNc1ccc2nc(C)c(-c3ccc4ccccc4c3)nc2c1. The minimum Gasteiger partial charge on any atom is -0.374 e. The maximum absolute atomic E-state index is 5.31. The molecule has 0 bridgehead atoms. The van der Waals surface area contributed by atoms with Gasteiger partial charge in [-0.2, -0.15) is 0 Å². The average molecular weight is 323 g/mol. The van der Waals surface area contributed by atoms with Crippen molar-refractivity contribution in [1.82, 2.24) is 9.97 Å². The van der Waals surface area contributed by atoms with Crippen LogP contribution < -0.4 is 5.32 Å². The van der Waals surface area contributed by atoms with E-state index in [1.54, 1.807) is 0 Å². The molecule has 0 aliphatic rings. The van der Waals surface area contributed by atoms with Crippen LogP contribution in [0.25, 0.3) is 33.1 Å². The summed E-state index contributed by atoms with van der Waals surface area (Å²) >= 11 is 0. The van der Waals surface area contributed by atoms with Gasteiger partial charge in [0.15, 0.2) is 0 Å². The summed E-state index contributed by atoms with van der Waals surface area (Å²) in [5, 5.41) is 5.60. The molecule has 0 radical (unpaired) electrons. The van der Waals surface area contributed by atoms with E-state index in [1.165, 1.54) is 10.8 Å². The van der Waals surface area contributed by atoms with Crippen LogP contribution in [0.3, 0.4) is 0 Å². The first-order chi connectivity index (χ1) is 12.2. The van der Waals surface area contributed by atoms with Gasteiger partial charge in [0.1, 0.15) is 0 Å². The largest absolute Gasteiger partial charge is 0.374 e. The van der Waals surface area contributed by atoms with Crippen molar-refractivity contribution >= 4 is 27.5 Å². The predicted molar refractivity (Wildman–Crippen MR) is 105 cm³/mol. The van der Waals surface area contributed by atoms with Crippen LogP contribution >= 0.6 is 0 Å². The Kier molecular flexibility index (Phi) is 3.80. The third-order valence-corrected chi connectivity index (χ3v) is 4.26. The van der Waals surface area contributed by atoms with Crippen LogP contribution in [-0.4, -0.2) is 16.5 Å². The normalized spacial score (nSPS) is 10.7. The molecular weight excluding hydrogens is 306 g/mol. The number of fused-ring (bicyclic) bond motifs is 2. The molecule has 0 aliphatic heterocycles. The van der Waals surface area contributed by atoms with E-state index in [0.717, 1.165) is 33.7 Å². The van der Waals surface area contributed by atoms with E-state index in [2.05, 4.69) is 47.6 Å². The molecule has 3 aromatic carbocycles. The van der Waals surface area contributed by atoms with Crippen molar-refractivity contribution in [2.45, 2.75) is 6.92 Å². The Morgan fingerprint density at radius 1 is 0.920 bits per heavy atom. The van der Waals surface area contributed by atoms with Gasteiger partial charge in [-0.1, -0.05) is 42.3 Å². The molecule has 0 saturated carbocycles. The highest BCUT2D eigenvalue weighted by atomic mass is 14.9. The fourth-order valence-corrected chi connectivity index (χ4v) is 3.02. The molecule has 0 unspecified atom stereocenters. The van der Waals surface area contributed by atoms with Crippen molar-refractivity contribution < 1.29 is 0 Å². The molecule has 0 fully saturated rings. The van der Waals surface area contributed by atoms with Crippen LogP contribution in [0, 0.1) is 19.3 Å². The minimum atomic E-state index is 0.488. The zero-order valence-electron chi connectivity index (χ0n) is 14.0. The third kappa shape index (κ3) is 2.90. The predicted octanol–water partition coefficient (Wildman–Crippen LogP) is 4.80. The molecule has 4 aromatic rings. The number of aryl methyl sites for hydroxylation is 1. The van der Waals surface area contributed by atoms with Crippen molar-refractivity contribution in [1.29, 1.82) is 0 Å². The Hall–Kier alpha value is -3.38. The van der Waals surface area contributed by atoms with Crippen LogP contribution in [0.4, 0.5) is 5.69 Å². The van der Waals surface area contributed by atoms with Crippen molar-refractivity contribution in [3.63, 3.8) is 0 Å². The minimum absolute atomic E-state index is 0.488. The van der Waals surface area contributed by atoms with Crippen molar-refractivity contribution in [2.75, 3.05) is 11.9 Å². The fourth-order valence-electron chi connectivity index (χ4n) is 3.02. The first-order valence-electron chi connectivity index (χ1n) is 8.19. The molecule has 0 spiro atoms. The number of nitrogens with one attached hydrogen (secondary N) is 1. The summed E-state index contributed by atoms with van der Waals surface area (Å²) in [7, 11) is 0. The van der Waals surface area contributed by atoms with Crippen LogP contribution in [-0.2, 0) is 0 Å². The molecular formula is C22H17N3. The number of benzene rings is 3. The van der Waals surface area contributed by atoms with Gasteiger partial charge in [-0.05, 0) is 42.0 Å². The zero-order valence-corrected chi connectivity index (χ0v) is 14.0. The van der Waals surface area contributed by atoms with E-state index in [9.17, 15) is 0 Å². The average Bonchev–Trinajstić information content (AvgIpc) is 2.65. The zero-order chi connectivity index (χ0) is 17.2. The van der Waals surface area contributed by atoms with Gasteiger partial charge >= 0.3 is 0 Å². The fraction of sp³-hybridized carbons (Fsp3) is 0.0909. The number of nitrogens with zero attached hydrogens (tertiary/aromatic N) is 2. The maximum atomic E-state index is 5.31. The molecule has 0 saturated heterocycles. The number of anilines is 1. The van der Waals surface area contributed by atoms with Crippen LogP contribution in [0.5, 0.6) is 0 Å². The van der Waals surface area contributed by atoms with Gasteiger partial charge in [-0.3, -0.25) is 0 Å². The highest BCUT2D eigenvalue weighted by Gasteiger charge is 2.09. The number of rotatable bonds is 3. The molecule has 3 heteroatoms. The molecule has 25 heavy (non-hydrogen) atoms. The van der Waals surface area contributed by atoms with Crippen molar-refractivity contribution in [2.24, 2.45) is 0 Å². The lowest BCUT2D eigenvalue weighted by Gasteiger charge is -2.09. The van der Waals surface area contributed by atoms with Gasteiger partial charge in [-0.15, -0.1) is 6.42 Å². The van der Waals surface area contributed by atoms with Crippen LogP contribution in [0.1, 0.15) is 5.69 Å². The van der Waals surface area contributed by atoms with E-state index in [1.807, 2.05) is 31.2 Å². The molecule has 1 heterocycles. The van der Waals surface area contributed by atoms with Gasteiger partial charge in [0, 0.05) is 11.3 Å². The summed E-state index contributed by atoms with van der Waals surface area (Å²) in [5.74, 6) is 2.58. The summed E-state index contributed by atoms with van der Waals surface area (Å²) in [4.78, 5) is 9.59. The number of aromatic nitrogens is 2. The Morgan fingerprint density at radius 3 is 2.60 bits per heavy atom. The molecule has 3 nitrogen and oxygen atoms in total. The van der Waals surface area contributed by atoms with Gasteiger partial charge in [0.2, 0.25) is 0 Å². The second kappa shape index (κ2) is 6.26. The Labute approximate surface area is 146 Å². The van der Waals surface area contributed by atoms with Gasteiger partial charge in [0.25, 0.3) is 0 Å². The highest BCUT2D eigenvalue weighted by Crippen LogP contribution is 2.27. The molecule has 0 amide bonds. The Balaban J connectivity index is 1.84. The lowest BCUT2D eigenvalue weighted by molar-refractivity contribution is 1.19. The summed E-state index contributed by atoms with van der Waals surface area (Å²) in [6.07, 6.45) is 5.31. The maximum Gasteiger partial charge on any atom is 0.0922 e. The molecule has 120 valence electrons. The summed E-state index contributed by atoms with van der Waals surface area (Å²) in [5.41, 5.74) is 5.60. The monoisotopic (exact) mass is 323 g/mol. The molecule has 0 atom stereocenters. The van der Waals surface area contributed by atoms with Gasteiger partial charge in [0.05, 0.1) is 29.0 Å². The second-order valence-corrected chi connectivity index (χ2v) is 5.98. The smallest absolute Gasteiger partial charge is 0.0922 e. The third-order valence-electron chi connectivity index (χ3n) is 4.26. The van der Waals surface area contributed by atoms with Crippen LogP contribution in [0.2, 0.25) is 0 Å². The van der Waals surface area contributed by atoms with E-state index in [4.69, 9.17) is 16.4 Å². The standard InChI is InChI=1S/C22H17N3/c1-3-12-23-19-10-11-20-21(14-19)25-22(15(2)24-20)18-9-8-16-6-4-5-7-17(16)13-18/h1,4-11,13-14,23H,12H2,2H3.